The Kier molecular flexibility index (Phi) is 3.13. The Morgan fingerprint density at radius 2 is 1.37 bits per heavy atom. The molecule has 2 heteroatoms. The zero-order valence-corrected chi connectivity index (χ0v) is 11.6. The second-order valence-electron chi connectivity index (χ2n) is 5.45. The molecule has 0 N–H and O–H groups in total. The normalized spacial score (nSPS) is 29.2. The molecular formula is C17H20N2. The fraction of sp³-hybridized carbons (Fsp3) is 0.294. The van der Waals surface area contributed by atoms with Gasteiger partial charge in [-0.2, -0.15) is 0 Å². The number of rotatable bonds is 4. The maximum Gasteiger partial charge on any atom is 0.102 e. The van der Waals surface area contributed by atoms with Crippen molar-refractivity contribution in [3.63, 3.8) is 0 Å². The molecule has 0 bridgehead atoms. The molecule has 3 atom stereocenters. The van der Waals surface area contributed by atoms with Crippen molar-refractivity contribution >= 4 is 0 Å². The molecule has 0 radical (unpaired) electrons. The second-order valence-corrected chi connectivity index (χ2v) is 5.45. The summed E-state index contributed by atoms with van der Waals surface area (Å²) in [6, 6.07) is 21.4. The Morgan fingerprint density at radius 3 is 1.95 bits per heavy atom. The Morgan fingerprint density at radius 1 is 0.842 bits per heavy atom. The molecule has 0 aliphatic carbocycles. The summed E-state index contributed by atoms with van der Waals surface area (Å²) in [6.07, 6.45) is 1.07. The molecule has 0 amide bonds. The molecule has 19 heavy (non-hydrogen) atoms. The minimum atomic E-state index is 0.150. The van der Waals surface area contributed by atoms with Gasteiger partial charge in [0.05, 0.1) is 0 Å². The van der Waals surface area contributed by atoms with Crippen molar-refractivity contribution in [1.29, 1.82) is 0 Å². The lowest BCUT2D eigenvalue weighted by molar-refractivity contribution is 0.341. The molecule has 2 aromatic carbocycles. The maximum atomic E-state index is 2.43. The topological polar surface area (TPSA) is 6.02 Å². The van der Waals surface area contributed by atoms with Crippen LogP contribution in [0.3, 0.4) is 0 Å². The van der Waals surface area contributed by atoms with Gasteiger partial charge in [0.25, 0.3) is 0 Å². The van der Waals surface area contributed by atoms with Gasteiger partial charge in [-0.3, -0.25) is 0 Å². The van der Waals surface area contributed by atoms with Crippen LogP contribution in [0.4, 0.5) is 0 Å². The second kappa shape index (κ2) is 4.80. The first-order valence-corrected chi connectivity index (χ1v) is 6.79. The van der Waals surface area contributed by atoms with Crippen LogP contribution in [0.2, 0.25) is 0 Å². The van der Waals surface area contributed by atoms with Gasteiger partial charge in [0.15, 0.2) is 0 Å². The van der Waals surface area contributed by atoms with Crippen LogP contribution in [0, 0.1) is 0 Å². The average Bonchev–Trinajstić information content (AvgIpc) is 2.93. The van der Waals surface area contributed by atoms with Crippen LogP contribution in [-0.4, -0.2) is 22.7 Å². The number of likely N-dealkylation sites (N-methyl/N-ethyl adjacent to an activating group) is 1. The molecule has 1 saturated heterocycles. The summed E-state index contributed by atoms with van der Waals surface area (Å²) in [4.78, 5) is 0. The fourth-order valence-electron chi connectivity index (χ4n) is 2.74. The van der Waals surface area contributed by atoms with E-state index in [2.05, 4.69) is 84.7 Å². The van der Waals surface area contributed by atoms with Gasteiger partial charge in [0.1, 0.15) is 5.66 Å². The van der Waals surface area contributed by atoms with Crippen LogP contribution in [0.15, 0.2) is 60.7 Å². The van der Waals surface area contributed by atoms with E-state index in [9.17, 15) is 0 Å². The SMILES string of the molecule is CN1N(Cc2ccccc2)C1(C)Cc1ccccc1. The Hall–Kier alpha value is -1.64. The van der Waals surface area contributed by atoms with Crippen molar-refractivity contribution in [2.75, 3.05) is 7.05 Å². The summed E-state index contributed by atoms with van der Waals surface area (Å²) in [5.74, 6) is 0. The van der Waals surface area contributed by atoms with Crippen molar-refractivity contribution in [3.05, 3.63) is 71.8 Å². The highest BCUT2D eigenvalue weighted by Gasteiger charge is 2.54. The van der Waals surface area contributed by atoms with Crippen molar-refractivity contribution in [1.82, 2.24) is 10.0 Å². The van der Waals surface area contributed by atoms with Gasteiger partial charge in [0.2, 0.25) is 0 Å². The molecule has 0 aromatic heterocycles. The van der Waals surface area contributed by atoms with Crippen LogP contribution in [0.5, 0.6) is 0 Å². The van der Waals surface area contributed by atoms with Gasteiger partial charge in [-0.05, 0) is 18.1 Å². The fourth-order valence-corrected chi connectivity index (χ4v) is 2.74. The van der Waals surface area contributed by atoms with E-state index in [4.69, 9.17) is 0 Å². The lowest BCUT2D eigenvalue weighted by Crippen LogP contribution is -2.18. The molecule has 0 spiro atoms. The summed E-state index contributed by atoms with van der Waals surface area (Å²) in [5, 5.41) is 4.77. The highest BCUT2D eigenvalue weighted by atomic mass is 15.9. The van der Waals surface area contributed by atoms with Gasteiger partial charge < -0.3 is 0 Å². The highest BCUT2D eigenvalue weighted by Crippen LogP contribution is 2.41. The maximum absolute atomic E-state index is 2.43. The predicted molar refractivity (Wildman–Crippen MR) is 78.3 cm³/mol. The van der Waals surface area contributed by atoms with Crippen molar-refractivity contribution in [3.8, 4) is 0 Å². The monoisotopic (exact) mass is 252 g/mol. The molecule has 1 heterocycles. The first-order valence-electron chi connectivity index (χ1n) is 6.79. The molecule has 98 valence electrons. The van der Waals surface area contributed by atoms with Crippen LogP contribution < -0.4 is 0 Å². The van der Waals surface area contributed by atoms with Crippen LogP contribution in [-0.2, 0) is 13.0 Å². The van der Waals surface area contributed by atoms with E-state index in [1.54, 1.807) is 0 Å². The van der Waals surface area contributed by atoms with Gasteiger partial charge in [-0.15, -0.1) is 0 Å². The molecule has 2 nitrogen and oxygen atoms in total. The smallest absolute Gasteiger partial charge is 0.102 e. The van der Waals surface area contributed by atoms with E-state index >= 15 is 0 Å². The number of hydrazine groups is 1. The molecular weight excluding hydrogens is 232 g/mol. The quantitative estimate of drug-likeness (QED) is 0.770. The van der Waals surface area contributed by atoms with Gasteiger partial charge in [0, 0.05) is 20.0 Å². The molecule has 2 aromatic rings. The number of benzene rings is 2. The van der Waals surface area contributed by atoms with Gasteiger partial charge >= 0.3 is 0 Å². The number of hydrogen-bond acceptors (Lipinski definition) is 2. The predicted octanol–water partition coefficient (Wildman–Crippen LogP) is 3.31. The standard InChI is InChI=1S/C17H20N2/c1-17(13-15-9-5-3-6-10-15)18(2)19(17)14-16-11-7-4-8-12-16/h3-12H,13-14H2,1-2H3. The molecule has 3 unspecified atom stereocenters. The molecule has 1 aliphatic rings. The highest BCUT2D eigenvalue weighted by molar-refractivity contribution is 5.21. The lowest BCUT2D eigenvalue weighted by atomic mass is 10.0. The summed E-state index contributed by atoms with van der Waals surface area (Å²) < 4.78 is 0. The number of hydrogen-bond donors (Lipinski definition) is 0. The summed E-state index contributed by atoms with van der Waals surface area (Å²) in [7, 11) is 2.17. The third-order valence-corrected chi connectivity index (χ3v) is 4.13. The zero-order valence-electron chi connectivity index (χ0n) is 11.6. The first kappa shape index (κ1) is 12.4. The third-order valence-electron chi connectivity index (χ3n) is 4.13. The Balaban J connectivity index is 1.69. The summed E-state index contributed by atoms with van der Waals surface area (Å²) in [6.45, 7) is 3.30. The average molecular weight is 252 g/mol. The minimum absolute atomic E-state index is 0.150. The van der Waals surface area contributed by atoms with E-state index in [0.29, 0.717) is 0 Å². The van der Waals surface area contributed by atoms with Crippen molar-refractivity contribution in [2.24, 2.45) is 0 Å². The summed E-state index contributed by atoms with van der Waals surface area (Å²) in [5.41, 5.74) is 2.91. The Bertz CT molecular complexity index is 538. The van der Waals surface area contributed by atoms with E-state index in [1.165, 1.54) is 11.1 Å². The van der Waals surface area contributed by atoms with E-state index < -0.39 is 0 Å². The molecule has 1 fully saturated rings. The molecule has 0 saturated carbocycles. The van der Waals surface area contributed by atoms with Gasteiger partial charge in [-0.1, -0.05) is 60.7 Å². The van der Waals surface area contributed by atoms with E-state index in [-0.39, 0.29) is 5.66 Å². The molecule has 3 rings (SSSR count). The van der Waals surface area contributed by atoms with Gasteiger partial charge in [-0.25, -0.2) is 10.0 Å². The summed E-state index contributed by atoms with van der Waals surface area (Å²) >= 11 is 0. The van der Waals surface area contributed by atoms with E-state index in [1.807, 2.05) is 0 Å². The minimum Gasteiger partial charge on any atom is -0.221 e. The van der Waals surface area contributed by atoms with Crippen molar-refractivity contribution < 1.29 is 0 Å². The van der Waals surface area contributed by atoms with Crippen molar-refractivity contribution in [2.45, 2.75) is 25.6 Å². The van der Waals surface area contributed by atoms with Crippen LogP contribution in [0.1, 0.15) is 18.1 Å². The third kappa shape index (κ3) is 2.42. The first-order chi connectivity index (χ1) is 9.20. The lowest BCUT2D eigenvalue weighted by Gasteiger charge is -2.09. The van der Waals surface area contributed by atoms with Crippen LogP contribution >= 0.6 is 0 Å². The largest absolute Gasteiger partial charge is 0.221 e. The zero-order chi connectivity index (χ0) is 13.3. The van der Waals surface area contributed by atoms with Crippen LogP contribution in [0.25, 0.3) is 0 Å². The number of nitrogens with zero attached hydrogens (tertiary/aromatic N) is 2. The molecule has 1 aliphatic heterocycles. The van der Waals surface area contributed by atoms with E-state index in [0.717, 1.165) is 13.0 Å². The Labute approximate surface area is 115 Å².